The van der Waals surface area contributed by atoms with Crippen LogP contribution in [-0.2, 0) is 20.2 Å². The van der Waals surface area contributed by atoms with Gasteiger partial charge in [0.25, 0.3) is 0 Å². The number of nitrogens with zero attached hydrogens (tertiary/aromatic N) is 2. The van der Waals surface area contributed by atoms with Gasteiger partial charge >= 0.3 is 59.1 Å². The van der Waals surface area contributed by atoms with Crippen LogP contribution in [0.5, 0.6) is 0 Å². The molecule has 0 fully saturated rings. The summed E-state index contributed by atoms with van der Waals surface area (Å²) in [6.07, 6.45) is 0.396. The Balaban J connectivity index is 0.00000364. The molecule has 0 radical (unpaired) electrons. The molecule has 0 spiro atoms. The predicted octanol–water partition coefficient (Wildman–Crippen LogP) is -4.31. The van der Waals surface area contributed by atoms with E-state index in [9.17, 15) is 25.9 Å². The number of benzene rings is 1. The van der Waals surface area contributed by atoms with Crippen LogP contribution in [0.25, 0.3) is 11.0 Å². The maximum Gasteiger partial charge on any atom is 1.00 e. The van der Waals surface area contributed by atoms with Crippen LogP contribution in [0, 0.1) is 0 Å². The maximum atomic E-state index is 10.7. The Morgan fingerprint density at radius 1 is 0.750 bits per heavy atom. The molecule has 1 aromatic heterocycles. The van der Waals surface area contributed by atoms with Crippen molar-refractivity contribution in [3.8, 4) is 0 Å². The molecule has 0 aliphatic heterocycles. The largest absolute Gasteiger partial charge is 1.00 e. The van der Waals surface area contributed by atoms with Gasteiger partial charge in [-0.15, -0.1) is 23.5 Å². The number of fused-ring (bicyclic) bond motifs is 1. The first-order valence-corrected chi connectivity index (χ1v) is 12.7. The number of para-hydroxylation sites is 2. The molecular formula is C14H16N2Na2O6S4. The number of rotatable bonds is 10. The van der Waals surface area contributed by atoms with Crippen LogP contribution < -0.4 is 59.1 Å². The molecular weight excluding hydrogens is 466 g/mol. The Morgan fingerprint density at radius 2 is 1.11 bits per heavy atom. The first kappa shape index (κ1) is 29.1. The average molecular weight is 483 g/mol. The zero-order valence-electron chi connectivity index (χ0n) is 15.5. The van der Waals surface area contributed by atoms with Gasteiger partial charge in [-0.1, -0.05) is 12.1 Å². The third kappa shape index (κ3) is 11.5. The summed E-state index contributed by atoms with van der Waals surface area (Å²) in [5.41, 5.74) is 1.36. The van der Waals surface area contributed by atoms with Gasteiger partial charge in [-0.25, -0.2) is 26.8 Å². The molecule has 8 nitrogen and oxygen atoms in total. The molecule has 0 saturated heterocycles. The van der Waals surface area contributed by atoms with Crippen molar-refractivity contribution in [2.45, 2.75) is 22.9 Å². The van der Waals surface area contributed by atoms with Crippen LogP contribution in [0.3, 0.4) is 0 Å². The van der Waals surface area contributed by atoms with Gasteiger partial charge in [0, 0.05) is 23.0 Å². The van der Waals surface area contributed by atoms with E-state index in [2.05, 4.69) is 9.97 Å². The zero-order valence-corrected chi connectivity index (χ0v) is 22.8. The fourth-order valence-corrected chi connectivity index (χ4v) is 5.31. The molecule has 1 heterocycles. The molecule has 0 atom stereocenters. The summed E-state index contributed by atoms with van der Waals surface area (Å²) in [4.78, 5) is 9.02. The first-order chi connectivity index (χ1) is 12.1. The second kappa shape index (κ2) is 13.5. The molecule has 2 rings (SSSR count). The number of aromatic nitrogens is 2. The van der Waals surface area contributed by atoms with Crippen LogP contribution in [0.4, 0.5) is 0 Å². The van der Waals surface area contributed by atoms with Crippen molar-refractivity contribution in [3.63, 3.8) is 0 Å². The van der Waals surface area contributed by atoms with Gasteiger partial charge in [-0.05, 0) is 25.0 Å². The molecule has 14 heteroatoms. The van der Waals surface area contributed by atoms with Crippen molar-refractivity contribution in [1.82, 2.24) is 9.97 Å². The third-order valence-corrected chi connectivity index (χ3v) is 6.87. The van der Waals surface area contributed by atoms with Crippen molar-refractivity contribution in [1.29, 1.82) is 0 Å². The normalized spacial score (nSPS) is 11.6. The molecule has 0 bridgehead atoms. The minimum Gasteiger partial charge on any atom is -0.748 e. The molecule has 28 heavy (non-hydrogen) atoms. The molecule has 144 valence electrons. The molecule has 2 aromatic rings. The Labute approximate surface area is 217 Å². The SMILES string of the molecule is O=S(=O)([O-])CCCSc1nc2ccccc2nc1SCCCS(=O)(=O)[O-].[Na+].[Na+]. The van der Waals surface area contributed by atoms with Crippen LogP contribution in [0.1, 0.15) is 12.8 Å². The second-order valence-electron chi connectivity index (χ2n) is 5.25. The minimum atomic E-state index is -4.25. The quantitative estimate of drug-likeness (QED) is 0.141. The van der Waals surface area contributed by atoms with Gasteiger partial charge in [0.15, 0.2) is 0 Å². The van der Waals surface area contributed by atoms with Crippen LogP contribution in [-0.4, -0.2) is 58.9 Å². The van der Waals surface area contributed by atoms with E-state index in [0.717, 1.165) is 0 Å². The molecule has 0 N–H and O–H groups in total. The van der Waals surface area contributed by atoms with Crippen LogP contribution >= 0.6 is 23.5 Å². The van der Waals surface area contributed by atoms with Crippen molar-refractivity contribution in [2.75, 3.05) is 23.0 Å². The smallest absolute Gasteiger partial charge is 0.748 e. The fraction of sp³-hybridized carbons (Fsp3) is 0.429. The summed E-state index contributed by atoms with van der Waals surface area (Å²) >= 11 is 2.58. The fourth-order valence-electron chi connectivity index (χ4n) is 1.96. The van der Waals surface area contributed by atoms with Gasteiger partial charge in [0.05, 0.1) is 31.3 Å². The maximum absolute atomic E-state index is 10.7. The Hall–Kier alpha value is 1.08. The molecule has 1 aromatic carbocycles. The van der Waals surface area contributed by atoms with E-state index in [4.69, 9.17) is 0 Å². The van der Waals surface area contributed by atoms with Crippen molar-refractivity contribution in [3.05, 3.63) is 24.3 Å². The van der Waals surface area contributed by atoms with Crippen molar-refractivity contribution < 1.29 is 85.1 Å². The molecule has 0 unspecified atom stereocenters. The summed E-state index contributed by atoms with van der Waals surface area (Å²) in [6, 6.07) is 7.24. The number of thioether (sulfide) groups is 2. The Kier molecular flexibility index (Phi) is 14.0. The van der Waals surface area contributed by atoms with Gasteiger partial charge in [0.1, 0.15) is 10.1 Å². The first-order valence-electron chi connectivity index (χ1n) is 7.53. The number of hydrogen-bond acceptors (Lipinski definition) is 10. The topological polar surface area (TPSA) is 140 Å². The summed E-state index contributed by atoms with van der Waals surface area (Å²) < 4.78 is 64.0. The molecule has 0 aliphatic carbocycles. The molecule has 0 aliphatic rings. The van der Waals surface area contributed by atoms with E-state index < -0.39 is 31.7 Å². The number of hydrogen-bond donors (Lipinski definition) is 0. The molecule has 0 saturated carbocycles. The van der Waals surface area contributed by atoms with Crippen LogP contribution in [0.15, 0.2) is 34.3 Å². The third-order valence-electron chi connectivity index (χ3n) is 3.06. The van der Waals surface area contributed by atoms with Gasteiger partial charge in [-0.2, -0.15) is 0 Å². The monoisotopic (exact) mass is 482 g/mol. The second-order valence-corrected chi connectivity index (χ2v) is 10.5. The predicted molar refractivity (Wildman–Crippen MR) is 99.3 cm³/mol. The van der Waals surface area contributed by atoms with Crippen molar-refractivity contribution in [2.24, 2.45) is 0 Å². The summed E-state index contributed by atoms with van der Waals surface area (Å²) in [5.74, 6) is -0.107. The van der Waals surface area contributed by atoms with E-state index in [-0.39, 0.29) is 72.0 Å². The van der Waals surface area contributed by atoms with E-state index >= 15 is 0 Å². The minimum absolute atomic E-state index is 0. The standard InChI is InChI=1S/C14H18N2O6S4.2Na/c17-25(18,19)9-3-7-23-13-14(24-8-4-10-26(20,21)22)16-12-6-2-1-5-11(12)15-13;;/h1-2,5-6H,3-4,7-10H2,(H,17,18,19)(H,20,21,22);;/q;2*+1/p-2. The van der Waals surface area contributed by atoms with E-state index in [1.165, 1.54) is 23.5 Å². The van der Waals surface area contributed by atoms with Crippen LogP contribution in [0.2, 0.25) is 0 Å². The summed E-state index contributed by atoms with van der Waals surface area (Å²) in [5, 5.41) is 1.17. The summed E-state index contributed by atoms with van der Waals surface area (Å²) in [6.45, 7) is 0. The van der Waals surface area contributed by atoms with Crippen molar-refractivity contribution >= 4 is 54.8 Å². The van der Waals surface area contributed by atoms with E-state index in [1.54, 1.807) is 12.1 Å². The van der Waals surface area contributed by atoms with E-state index in [1.807, 2.05) is 12.1 Å². The summed E-state index contributed by atoms with van der Waals surface area (Å²) in [7, 11) is -8.49. The Bertz CT molecular complexity index is 894. The van der Waals surface area contributed by atoms with E-state index in [0.29, 0.717) is 32.6 Å². The van der Waals surface area contributed by atoms with Gasteiger partial charge < -0.3 is 9.11 Å². The average Bonchev–Trinajstić information content (AvgIpc) is 2.53. The molecule has 0 amide bonds. The van der Waals surface area contributed by atoms with Gasteiger partial charge in [0.2, 0.25) is 0 Å². The zero-order chi connectivity index (χ0) is 19.2. The Morgan fingerprint density at radius 3 is 1.43 bits per heavy atom. The van der Waals surface area contributed by atoms with Gasteiger partial charge in [-0.3, -0.25) is 0 Å².